The zero-order chi connectivity index (χ0) is 20.7. The van der Waals surface area contributed by atoms with Crippen molar-refractivity contribution in [2.24, 2.45) is 5.92 Å². The quantitative estimate of drug-likeness (QED) is 0.719. The van der Waals surface area contributed by atoms with Crippen molar-refractivity contribution >= 4 is 10.0 Å². The van der Waals surface area contributed by atoms with Crippen molar-refractivity contribution in [2.45, 2.75) is 24.7 Å². The predicted octanol–water partition coefficient (Wildman–Crippen LogP) is 2.94. The summed E-state index contributed by atoms with van der Waals surface area (Å²) in [7, 11) is -3.47. The third-order valence-corrected chi connectivity index (χ3v) is 6.58. The van der Waals surface area contributed by atoms with E-state index in [-0.39, 0.29) is 5.92 Å². The maximum absolute atomic E-state index is 12.5. The molecule has 0 bridgehead atoms. The molecule has 1 atom stereocenters. The van der Waals surface area contributed by atoms with Crippen molar-refractivity contribution in [3.05, 3.63) is 59.7 Å². The number of nitrogens with zero attached hydrogens (tertiary/aromatic N) is 2. The van der Waals surface area contributed by atoms with Gasteiger partial charge in [0.25, 0.3) is 0 Å². The third-order valence-electron chi connectivity index (χ3n) is 5.14. The van der Waals surface area contributed by atoms with Crippen molar-refractivity contribution in [2.75, 3.05) is 32.8 Å². The number of hydrogen-bond donors (Lipinski definition) is 1. The van der Waals surface area contributed by atoms with Crippen LogP contribution in [0.2, 0.25) is 0 Å². The van der Waals surface area contributed by atoms with Crippen LogP contribution in [0.5, 0.6) is 5.75 Å². The first-order valence-corrected chi connectivity index (χ1v) is 11.4. The van der Waals surface area contributed by atoms with E-state index in [1.54, 1.807) is 24.3 Å². The summed E-state index contributed by atoms with van der Waals surface area (Å²) in [5.74, 6) is 0.981. The second-order valence-corrected chi connectivity index (χ2v) is 9.23. The summed E-state index contributed by atoms with van der Waals surface area (Å²) in [6.45, 7) is 5.53. The van der Waals surface area contributed by atoms with Gasteiger partial charge < -0.3 is 4.74 Å². The van der Waals surface area contributed by atoms with E-state index in [1.807, 2.05) is 31.2 Å². The zero-order valence-electron chi connectivity index (χ0n) is 16.7. The Kier molecular flexibility index (Phi) is 7.26. The standard InChI is InChI=1S/C22H27N3O3S/c1-18-7-9-22(10-8-18)29(26,27)24-16-20-5-3-11-25(17-20)12-13-28-21-6-2-4-19(14-21)15-23/h2,4,6-10,14,20,24H,3,5,11-13,16-17H2,1H3. The molecule has 1 heterocycles. The minimum absolute atomic E-state index is 0.283. The SMILES string of the molecule is Cc1ccc(S(=O)(=O)NCC2CCCN(CCOc3cccc(C#N)c3)C2)cc1. The van der Waals surface area contributed by atoms with Crippen LogP contribution < -0.4 is 9.46 Å². The van der Waals surface area contributed by atoms with Crippen LogP contribution in [0.25, 0.3) is 0 Å². The lowest BCUT2D eigenvalue weighted by molar-refractivity contribution is 0.148. The molecule has 0 aliphatic carbocycles. The Hall–Kier alpha value is -2.40. The fourth-order valence-corrected chi connectivity index (χ4v) is 4.61. The number of rotatable bonds is 8. The highest BCUT2D eigenvalue weighted by atomic mass is 32.2. The fourth-order valence-electron chi connectivity index (χ4n) is 3.50. The summed E-state index contributed by atoms with van der Waals surface area (Å²) < 4.78 is 33.5. The van der Waals surface area contributed by atoms with E-state index < -0.39 is 10.0 Å². The molecular formula is C22H27N3O3S. The van der Waals surface area contributed by atoms with Gasteiger partial charge in [0.05, 0.1) is 16.5 Å². The van der Waals surface area contributed by atoms with Gasteiger partial charge in [-0.3, -0.25) is 4.90 Å². The topological polar surface area (TPSA) is 82.4 Å². The molecule has 1 fully saturated rings. The highest BCUT2D eigenvalue weighted by Crippen LogP contribution is 2.18. The van der Waals surface area contributed by atoms with E-state index in [1.165, 1.54) is 0 Å². The van der Waals surface area contributed by atoms with E-state index in [0.717, 1.165) is 38.0 Å². The molecule has 0 aromatic heterocycles. The molecule has 0 saturated carbocycles. The van der Waals surface area contributed by atoms with Gasteiger partial charge in [-0.25, -0.2) is 13.1 Å². The largest absolute Gasteiger partial charge is 0.492 e. The summed E-state index contributed by atoms with van der Waals surface area (Å²) in [6, 6.07) is 16.2. The van der Waals surface area contributed by atoms with Gasteiger partial charge in [0, 0.05) is 19.6 Å². The first kappa shape index (κ1) is 21.3. The van der Waals surface area contributed by atoms with Gasteiger partial charge in [0.1, 0.15) is 12.4 Å². The maximum Gasteiger partial charge on any atom is 0.240 e. The van der Waals surface area contributed by atoms with Gasteiger partial charge in [-0.2, -0.15) is 5.26 Å². The summed E-state index contributed by atoms with van der Waals surface area (Å²) in [5, 5.41) is 8.95. The number of hydrogen-bond acceptors (Lipinski definition) is 5. The first-order valence-electron chi connectivity index (χ1n) is 9.88. The van der Waals surface area contributed by atoms with E-state index in [0.29, 0.717) is 29.4 Å². The number of likely N-dealkylation sites (tertiary alicyclic amines) is 1. The van der Waals surface area contributed by atoms with E-state index in [2.05, 4.69) is 15.7 Å². The van der Waals surface area contributed by atoms with Gasteiger partial charge in [-0.05, 0) is 62.6 Å². The van der Waals surface area contributed by atoms with Crippen molar-refractivity contribution < 1.29 is 13.2 Å². The molecule has 1 aliphatic rings. The number of ether oxygens (including phenoxy) is 1. The molecule has 0 amide bonds. The smallest absolute Gasteiger partial charge is 0.240 e. The van der Waals surface area contributed by atoms with E-state index in [4.69, 9.17) is 10.00 Å². The predicted molar refractivity (Wildman–Crippen MR) is 112 cm³/mol. The van der Waals surface area contributed by atoms with Crippen LogP contribution in [-0.4, -0.2) is 46.1 Å². The molecule has 6 nitrogen and oxygen atoms in total. The van der Waals surface area contributed by atoms with Crippen LogP contribution in [0, 0.1) is 24.2 Å². The lowest BCUT2D eigenvalue weighted by atomic mass is 9.98. The molecule has 1 N–H and O–H groups in total. The summed E-state index contributed by atoms with van der Waals surface area (Å²) >= 11 is 0. The Labute approximate surface area is 173 Å². The second-order valence-electron chi connectivity index (χ2n) is 7.46. The average Bonchev–Trinajstić information content (AvgIpc) is 2.73. The number of aryl methyl sites for hydroxylation is 1. The van der Waals surface area contributed by atoms with Crippen molar-refractivity contribution in [1.29, 1.82) is 5.26 Å². The highest BCUT2D eigenvalue weighted by Gasteiger charge is 2.22. The van der Waals surface area contributed by atoms with Crippen LogP contribution in [0.4, 0.5) is 0 Å². The van der Waals surface area contributed by atoms with Gasteiger partial charge in [-0.15, -0.1) is 0 Å². The number of benzene rings is 2. The maximum atomic E-state index is 12.5. The summed E-state index contributed by atoms with van der Waals surface area (Å²) in [4.78, 5) is 2.62. The molecule has 0 spiro atoms. The van der Waals surface area contributed by atoms with Crippen LogP contribution in [-0.2, 0) is 10.0 Å². The minimum atomic E-state index is -3.47. The lowest BCUT2D eigenvalue weighted by Crippen LogP contribution is -2.42. The van der Waals surface area contributed by atoms with Gasteiger partial charge in [0.2, 0.25) is 10.0 Å². The molecule has 0 radical (unpaired) electrons. The van der Waals surface area contributed by atoms with Crippen molar-refractivity contribution in [3.63, 3.8) is 0 Å². The molecule has 1 saturated heterocycles. The highest BCUT2D eigenvalue weighted by molar-refractivity contribution is 7.89. The Morgan fingerprint density at radius 3 is 2.79 bits per heavy atom. The van der Waals surface area contributed by atoms with Crippen molar-refractivity contribution in [3.8, 4) is 11.8 Å². The lowest BCUT2D eigenvalue weighted by Gasteiger charge is -2.32. The number of piperidine rings is 1. The number of nitriles is 1. The van der Waals surface area contributed by atoms with E-state index >= 15 is 0 Å². The molecule has 1 unspecified atom stereocenters. The summed E-state index contributed by atoms with van der Waals surface area (Å²) in [6.07, 6.45) is 2.05. The normalized spacial score (nSPS) is 17.6. The summed E-state index contributed by atoms with van der Waals surface area (Å²) in [5.41, 5.74) is 1.62. The van der Waals surface area contributed by atoms with Crippen molar-refractivity contribution in [1.82, 2.24) is 9.62 Å². The molecule has 2 aromatic carbocycles. The molecule has 3 rings (SSSR count). The van der Waals surface area contributed by atoms with Crippen LogP contribution in [0.15, 0.2) is 53.4 Å². The van der Waals surface area contributed by atoms with Gasteiger partial charge in [-0.1, -0.05) is 23.8 Å². The molecular weight excluding hydrogens is 386 g/mol. The first-order chi connectivity index (χ1) is 14.0. The number of sulfonamides is 1. The fraction of sp³-hybridized carbons (Fsp3) is 0.409. The Balaban J connectivity index is 1.45. The zero-order valence-corrected chi connectivity index (χ0v) is 17.5. The Morgan fingerprint density at radius 2 is 2.03 bits per heavy atom. The molecule has 1 aliphatic heterocycles. The van der Waals surface area contributed by atoms with Crippen LogP contribution in [0.3, 0.4) is 0 Å². The van der Waals surface area contributed by atoms with E-state index in [9.17, 15) is 8.42 Å². The average molecular weight is 414 g/mol. The molecule has 154 valence electrons. The molecule has 2 aromatic rings. The minimum Gasteiger partial charge on any atom is -0.492 e. The Morgan fingerprint density at radius 1 is 1.24 bits per heavy atom. The van der Waals surface area contributed by atoms with Crippen LogP contribution in [0.1, 0.15) is 24.0 Å². The molecule has 29 heavy (non-hydrogen) atoms. The Bertz CT molecular complexity index is 952. The van der Waals surface area contributed by atoms with Crippen LogP contribution >= 0.6 is 0 Å². The number of nitrogens with one attached hydrogen (secondary N) is 1. The molecule has 7 heteroatoms. The van der Waals surface area contributed by atoms with Gasteiger partial charge in [0.15, 0.2) is 0 Å². The second kappa shape index (κ2) is 9.88. The van der Waals surface area contributed by atoms with Gasteiger partial charge >= 0.3 is 0 Å². The monoisotopic (exact) mass is 413 g/mol. The third kappa shape index (κ3) is 6.29.